The van der Waals surface area contributed by atoms with E-state index in [9.17, 15) is 13.2 Å². The fourth-order valence-electron chi connectivity index (χ4n) is 3.52. The zero-order valence-corrected chi connectivity index (χ0v) is 13.8. The molecule has 1 aliphatic carbocycles. The van der Waals surface area contributed by atoms with Crippen LogP contribution < -0.4 is 10.0 Å². The van der Waals surface area contributed by atoms with Gasteiger partial charge in [0.25, 0.3) is 0 Å². The van der Waals surface area contributed by atoms with Gasteiger partial charge in [0.15, 0.2) is 0 Å². The third-order valence-electron chi connectivity index (χ3n) is 4.59. The predicted molar refractivity (Wildman–Crippen MR) is 85.1 cm³/mol. The largest absolute Gasteiger partial charge is 0.366 e. The molecule has 0 bridgehead atoms. The van der Waals surface area contributed by atoms with E-state index in [0.717, 1.165) is 24.9 Å². The lowest BCUT2D eigenvalue weighted by Crippen LogP contribution is -2.40. The molecule has 1 aromatic rings. The van der Waals surface area contributed by atoms with Crippen LogP contribution in [0.5, 0.6) is 0 Å². The van der Waals surface area contributed by atoms with Crippen molar-refractivity contribution in [3.8, 4) is 0 Å². The number of likely N-dealkylation sites (tertiary alicyclic amines) is 1. The SMILES string of the molecule is CS(=O)(=O)NCC(=O)N1C[C@H]2CC[C@@H](Nc3cnccn3)[C@H]2C1. The predicted octanol–water partition coefficient (Wildman–Crippen LogP) is -0.325. The Morgan fingerprint density at radius 2 is 2.17 bits per heavy atom. The molecule has 9 heteroatoms. The van der Waals surface area contributed by atoms with Gasteiger partial charge in [-0.15, -0.1) is 0 Å². The van der Waals surface area contributed by atoms with E-state index >= 15 is 0 Å². The summed E-state index contributed by atoms with van der Waals surface area (Å²) in [5, 5.41) is 3.40. The van der Waals surface area contributed by atoms with Gasteiger partial charge >= 0.3 is 0 Å². The van der Waals surface area contributed by atoms with Crippen LogP contribution in [0.1, 0.15) is 12.8 Å². The highest BCUT2D eigenvalue weighted by Crippen LogP contribution is 2.39. The standard InChI is InChI=1S/C14H21N5O3S/c1-23(21,22)17-7-14(20)19-8-10-2-3-12(11(10)9-19)18-13-6-15-4-5-16-13/h4-6,10-12,17H,2-3,7-9H2,1H3,(H,16,18)/t10-,11+,12-/m1/s1. The van der Waals surface area contributed by atoms with Gasteiger partial charge in [-0.25, -0.2) is 18.1 Å². The number of aromatic nitrogens is 2. The molecular formula is C14H21N5O3S. The van der Waals surface area contributed by atoms with Gasteiger partial charge in [-0.1, -0.05) is 0 Å². The summed E-state index contributed by atoms with van der Waals surface area (Å²) in [7, 11) is -3.34. The Labute approximate surface area is 135 Å². The molecule has 2 heterocycles. The molecule has 3 rings (SSSR count). The summed E-state index contributed by atoms with van der Waals surface area (Å²) in [4.78, 5) is 22.2. The number of sulfonamides is 1. The van der Waals surface area contributed by atoms with Gasteiger partial charge in [0.2, 0.25) is 15.9 Å². The molecule has 1 saturated carbocycles. The first kappa shape index (κ1) is 16.1. The van der Waals surface area contributed by atoms with Crippen molar-refractivity contribution < 1.29 is 13.2 Å². The average Bonchev–Trinajstić information content (AvgIpc) is 3.07. The van der Waals surface area contributed by atoms with Crippen molar-refractivity contribution in [1.29, 1.82) is 0 Å². The van der Waals surface area contributed by atoms with Crippen LogP contribution in [0.15, 0.2) is 18.6 Å². The highest BCUT2D eigenvalue weighted by molar-refractivity contribution is 7.88. The minimum Gasteiger partial charge on any atom is -0.366 e. The summed E-state index contributed by atoms with van der Waals surface area (Å²) in [6, 6.07) is 0.275. The van der Waals surface area contributed by atoms with Gasteiger partial charge in [0, 0.05) is 37.4 Å². The van der Waals surface area contributed by atoms with Crippen molar-refractivity contribution in [2.45, 2.75) is 18.9 Å². The minimum atomic E-state index is -3.34. The Bertz CT molecular complexity index is 666. The topological polar surface area (TPSA) is 104 Å². The number of nitrogens with zero attached hydrogens (tertiary/aromatic N) is 3. The molecule has 8 nitrogen and oxygen atoms in total. The van der Waals surface area contributed by atoms with Crippen molar-refractivity contribution in [3.05, 3.63) is 18.6 Å². The summed E-state index contributed by atoms with van der Waals surface area (Å²) >= 11 is 0. The normalized spacial score (nSPS) is 27.0. The van der Waals surface area contributed by atoms with E-state index in [2.05, 4.69) is 20.0 Å². The Kier molecular flexibility index (Phi) is 4.49. The molecule has 2 aliphatic rings. The highest BCUT2D eigenvalue weighted by atomic mass is 32.2. The van der Waals surface area contributed by atoms with Crippen molar-refractivity contribution in [1.82, 2.24) is 19.6 Å². The molecule has 1 aromatic heterocycles. The summed E-state index contributed by atoms with van der Waals surface area (Å²) in [5.74, 6) is 1.43. The van der Waals surface area contributed by atoms with E-state index in [0.29, 0.717) is 24.9 Å². The quantitative estimate of drug-likeness (QED) is 0.761. The van der Waals surface area contributed by atoms with Gasteiger partial charge in [0.1, 0.15) is 5.82 Å². The molecule has 3 atom stereocenters. The third-order valence-corrected chi connectivity index (χ3v) is 5.26. The van der Waals surface area contributed by atoms with Crippen LogP contribution in [0.25, 0.3) is 0 Å². The minimum absolute atomic E-state index is 0.164. The fraction of sp³-hybridized carbons (Fsp3) is 0.643. The van der Waals surface area contributed by atoms with Crippen LogP contribution in [0.4, 0.5) is 5.82 Å². The molecule has 0 radical (unpaired) electrons. The zero-order valence-electron chi connectivity index (χ0n) is 13.0. The van der Waals surface area contributed by atoms with Crippen molar-refractivity contribution in [3.63, 3.8) is 0 Å². The number of nitrogens with one attached hydrogen (secondary N) is 2. The second-order valence-electron chi connectivity index (χ2n) is 6.23. The monoisotopic (exact) mass is 339 g/mol. The third kappa shape index (κ3) is 3.97. The molecular weight excluding hydrogens is 318 g/mol. The van der Waals surface area contributed by atoms with E-state index < -0.39 is 10.0 Å². The van der Waals surface area contributed by atoms with Crippen LogP contribution in [0, 0.1) is 11.8 Å². The number of carbonyl (C=O) groups is 1. The Morgan fingerprint density at radius 1 is 1.35 bits per heavy atom. The zero-order chi connectivity index (χ0) is 16.4. The molecule has 0 unspecified atom stereocenters. The molecule has 126 valence electrons. The average molecular weight is 339 g/mol. The maximum Gasteiger partial charge on any atom is 0.237 e. The molecule has 23 heavy (non-hydrogen) atoms. The van der Waals surface area contributed by atoms with Gasteiger partial charge < -0.3 is 10.2 Å². The van der Waals surface area contributed by atoms with Crippen LogP contribution in [-0.4, -0.2) is 61.1 Å². The molecule has 1 aliphatic heterocycles. The molecule has 0 spiro atoms. The van der Waals surface area contributed by atoms with E-state index in [4.69, 9.17) is 0 Å². The number of fused-ring (bicyclic) bond motifs is 1. The number of rotatable bonds is 5. The van der Waals surface area contributed by atoms with Crippen LogP contribution in [0.2, 0.25) is 0 Å². The van der Waals surface area contributed by atoms with Crippen LogP contribution >= 0.6 is 0 Å². The lowest BCUT2D eigenvalue weighted by Gasteiger charge is -2.22. The first-order chi connectivity index (χ1) is 10.9. The van der Waals surface area contributed by atoms with E-state index in [1.807, 2.05) is 0 Å². The molecule has 2 fully saturated rings. The summed E-state index contributed by atoms with van der Waals surface area (Å²) < 4.78 is 24.5. The lowest BCUT2D eigenvalue weighted by molar-refractivity contribution is -0.129. The van der Waals surface area contributed by atoms with Crippen LogP contribution in [-0.2, 0) is 14.8 Å². The van der Waals surface area contributed by atoms with E-state index in [-0.39, 0.29) is 18.5 Å². The van der Waals surface area contributed by atoms with Gasteiger partial charge in [-0.3, -0.25) is 9.78 Å². The molecule has 2 N–H and O–H groups in total. The summed E-state index contributed by atoms with van der Waals surface area (Å²) in [6.45, 7) is 1.20. The Balaban J connectivity index is 1.57. The molecule has 1 saturated heterocycles. The first-order valence-corrected chi connectivity index (χ1v) is 9.56. The summed E-state index contributed by atoms with van der Waals surface area (Å²) in [6.07, 6.45) is 8.14. The number of anilines is 1. The number of carbonyl (C=O) groups excluding carboxylic acids is 1. The van der Waals surface area contributed by atoms with Crippen molar-refractivity contribution in [2.24, 2.45) is 11.8 Å². The maximum atomic E-state index is 12.1. The number of hydrogen-bond donors (Lipinski definition) is 2. The Morgan fingerprint density at radius 3 is 2.87 bits per heavy atom. The second-order valence-corrected chi connectivity index (χ2v) is 8.07. The molecule has 1 amide bonds. The van der Waals surface area contributed by atoms with E-state index in [1.54, 1.807) is 23.5 Å². The Hall–Kier alpha value is -1.74. The van der Waals surface area contributed by atoms with Crippen LogP contribution in [0.3, 0.4) is 0 Å². The van der Waals surface area contributed by atoms with E-state index in [1.165, 1.54) is 0 Å². The maximum absolute atomic E-state index is 12.1. The lowest BCUT2D eigenvalue weighted by atomic mass is 9.98. The van der Waals surface area contributed by atoms with Crippen molar-refractivity contribution in [2.75, 3.05) is 31.2 Å². The van der Waals surface area contributed by atoms with Crippen molar-refractivity contribution >= 4 is 21.7 Å². The first-order valence-electron chi connectivity index (χ1n) is 7.67. The van der Waals surface area contributed by atoms with Gasteiger partial charge in [-0.05, 0) is 18.8 Å². The highest BCUT2D eigenvalue weighted by Gasteiger charge is 2.44. The number of hydrogen-bond acceptors (Lipinski definition) is 6. The van der Waals surface area contributed by atoms with Gasteiger partial charge in [-0.2, -0.15) is 0 Å². The molecule has 0 aromatic carbocycles. The van der Waals surface area contributed by atoms with Gasteiger partial charge in [0.05, 0.1) is 19.0 Å². The summed E-state index contributed by atoms with van der Waals surface area (Å²) in [5.41, 5.74) is 0. The second kappa shape index (κ2) is 6.40. The number of amides is 1. The smallest absolute Gasteiger partial charge is 0.237 e. The fourth-order valence-corrected chi connectivity index (χ4v) is 3.90.